The molecule has 4 unspecified atom stereocenters. The highest BCUT2D eigenvalue weighted by Gasteiger charge is 2.82. The van der Waals surface area contributed by atoms with E-state index in [1.54, 1.807) is 0 Å². The summed E-state index contributed by atoms with van der Waals surface area (Å²) in [5.41, 5.74) is 2.41. The maximum atomic E-state index is 12.5. The second-order valence-electron chi connectivity index (χ2n) is 20.0. The fourth-order valence-corrected chi connectivity index (χ4v) is 14.0. The maximum Gasteiger partial charge on any atom is 0.303 e. The molecule has 0 radical (unpaired) electrons. The highest BCUT2D eigenvalue weighted by molar-refractivity contribution is 5.68. The van der Waals surface area contributed by atoms with Gasteiger partial charge in [-0.15, -0.1) is 0 Å². The van der Waals surface area contributed by atoms with Crippen LogP contribution in [0.4, 0.5) is 0 Å². The van der Waals surface area contributed by atoms with Crippen LogP contribution in [0.2, 0.25) is 0 Å². The van der Waals surface area contributed by atoms with Crippen molar-refractivity contribution in [1.82, 2.24) is 0 Å². The van der Waals surface area contributed by atoms with Gasteiger partial charge in [0.1, 0.15) is 12.7 Å². The Kier molecular flexibility index (Phi) is 11.5. The van der Waals surface area contributed by atoms with Gasteiger partial charge in [-0.1, -0.05) is 53.7 Å². The van der Waals surface area contributed by atoms with Crippen LogP contribution >= 0.6 is 0 Å². The lowest BCUT2D eigenvalue weighted by Gasteiger charge is -2.63. The molecule has 0 aromatic rings. The van der Waals surface area contributed by atoms with Crippen molar-refractivity contribution in [1.29, 1.82) is 0 Å². The van der Waals surface area contributed by atoms with Crippen molar-refractivity contribution in [2.75, 3.05) is 6.61 Å². The minimum absolute atomic E-state index is 0.236. The van der Waals surface area contributed by atoms with Gasteiger partial charge in [0.2, 0.25) is 0 Å². The predicted molar refractivity (Wildman–Crippen MR) is 206 cm³/mol. The Morgan fingerprint density at radius 1 is 0.691 bits per heavy atom. The van der Waals surface area contributed by atoms with Gasteiger partial charge in [0.25, 0.3) is 0 Å². The predicted octanol–water partition coefficient (Wildman–Crippen LogP) is 8.52. The quantitative estimate of drug-likeness (QED) is 0.0826. The minimum atomic E-state index is -1.24. The minimum Gasteiger partial charge on any atom is -0.463 e. The average Bonchev–Trinajstić information content (AvgIpc) is 3.67. The van der Waals surface area contributed by atoms with Gasteiger partial charge >= 0.3 is 23.9 Å². The van der Waals surface area contributed by atoms with Gasteiger partial charge in [-0.05, 0) is 134 Å². The Labute approximate surface area is 329 Å². The van der Waals surface area contributed by atoms with E-state index >= 15 is 0 Å². The Hall–Kier alpha value is -2.46. The van der Waals surface area contributed by atoms with Crippen molar-refractivity contribution in [2.24, 2.45) is 56.7 Å². The molecule has 310 valence electrons. The SMILES string of the molecule is C=C(C)C(C)CC[C@@H](C)[C@H]1CC[C@@]2(C)[C@@H]3CCC4C(C)(C)[C@H](O[C@@H]5O[C@H](COC(C)=O)[C@@H](OC(C)=O)[C@H](OC(C)=O)[C@H]5OC(C)=O)CCC45CC35CC[C@]12C. The van der Waals surface area contributed by atoms with Gasteiger partial charge in [0.05, 0.1) is 6.10 Å². The molecule has 6 aliphatic rings. The summed E-state index contributed by atoms with van der Waals surface area (Å²) in [6, 6.07) is 0. The molecule has 0 aromatic carbocycles. The highest BCUT2D eigenvalue weighted by Crippen LogP contribution is 2.89. The van der Waals surface area contributed by atoms with Crippen LogP contribution in [0.5, 0.6) is 0 Å². The number of ether oxygens (including phenoxy) is 6. The molecular formula is C45H70O10. The first-order chi connectivity index (χ1) is 25.6. The van der Waals surface area contributed by atoms with E-state index in [1.165, 1.54) is 84.6 Å². The monoisotopic (exact) mass is 770 g/mol. The van der Waals surface area contributed by atoms with E-state index in [2.05, 4.69) is 55.0 Å². The first-order valence-electron chi connectivity index (χ1n) is 21.2. The summed E-state index contributed by atoms with van der Waals surface area (Å²) >= 11 is 0. The van der Waals surface area contributed by atoms with Gasteiger partial charge in [0.15, 0.2) is 24.6 Å². The topological polar surface area (TPSA) is 124 Å². The van der Waals surface area contributed by atoms with Crippen LogP contribution in [-0.2, 0) is 47.6 Å². The van der Waals surface area contributed by atoms with Crippen LogP contribution in [-0.4, -0.2) is 67.3 Å². The molecule has 1 aliphatic heterocycles. The van der Waals surface area contributed by atoms with Gasteiger partial charge in [-0.3, -0.25) is 19.2 Å². The standard InChI is InChI=1S/C45H70O10/c1-25(2)26(3)13-14-27(4)32-17-19-43(12)35-16-15-34-41(9,10)36(18-20-44(34)24-45(35,44)22-21-42(32,43)11)55-40-39(53-31(8)49)38(52-30(7)48)37(51-29(6)47)33(54-40)23-50-28(5)46/h26-27,32-40H,1,13-24H2,2-12H3/t26?,27-,32-,33-,34?,35+,36-,37-,38+,39-,40+,42-,43+,44?,45?/m1/s1. The zero-order valence-corrected chi connectivity index (χ0v) is 35.6. The Morgan fingerprint density at radius 3 is 1.91 bits per heavy atom. The first kappa shape index (κ1) is 42.2. The molecule has 0 bridgehead atoms. The lowest BCUT2D eigenvalue weighted by molar-refractivity contribution is -0.330. The van der Waals surface area contributed by atoms with E-state index in [-0.39, 0.29) is 23.5 Å². The van der Waals surface area contributed by atoms with Crippen LogP contribution in [0.25, 0.3) is 0 Å². The molecule has 1 heterocycles. The molecule has 10 heteroatoms. The number of carbonyl (C=O) groups excluding carboxylic acids is 4. The summed E-state index contributed by atoms with van der Waals surface area (Å²) in [5, 5.41) is 0. The van der Waals surface area contributed by atoms with E-state index in [1.807, 2.05) is 0 Å². The van der Waals surface area contributed by atoms with Gasteiger partial charge in [-0.2, -0.15) is 0 Å². The third-order valence-corrected chi connectivity index (χ3v) is 16.9. The Bertz CT molecular complexity index is 1520. The van der Waals surface area contributed by atoms with E-state index in [0.29, 0.717) is 28.1 Å². The molecule has 0 N–H and O–H groups in total. The molecule has 5 saturated carbocycles. The number of rotatable bonds is 12. The Morgan fingerprint density at radius 2 is 1.29 bits per heavy atom. The second-order valence-corrected chi connectivity index (χ2v) is 20.0. The van der Waals surface area contributed by atoms with Crippen molar-refractivity contribution in [3.63, 3.8) is 0 Å². The van der Waals surface area contributed by atoms with Crippen molar-refractivity contribution < 1.29 is 47.6 Å². The fraction of sp³-hybridized carbons (Fsp3) is 0.867. The third kappa shape index (κ3) is 7.09. The smallest absolute Gasteiger partial charge is 0.303 e. The highest BCUT2D eigenvalue weighted by atomic mass is 16.7. The molecule has 0 amide bonds. The van der Waals surface area contributed by atoms with E-state index in [4.69, 9.17) is 28.4 Å². The summed E-state index contributed by atoms with van der Waals surface area (Å²) in [6.07, 6.45) is 7.29. The van der Waals surface area contributed by atoms with Crippen LogP contribution in [0, 0.1) is 56.7 Å². The molecule has 55 heavy (non-hydrogen) atoms. The van der Waals surface area contributed by atoms with Crippen LogP contribution in [0.3, 0.4) is 0 Å². The molecular weight excluding hydrogens is 700 g/mol. The lowest BCUT2D eigenvalue weighted by Crippen LogP contribution is -2.64. The number of allylic oxidation sites excluding steroid dienone is 1. The molecule has 2 spiro atoms. The second kappa shape index (κ2) is 15.0. The number of hydrogen-bond acceptors (Lipinski definition) is 10. The zero-order valence-electron chi connectivity index (χ0n) is 35.6. The summed E-state index contributed by atoms with van der Waals surface area (Å²) in [4.78, 5) is 49.1. The maximum absolute atomic E-state index is 12.5. The number of fused-ring (bicyclic) bond motifs is 2. The largest absolute Gasteiger partial charge is 0.463 e. The van der Waals surface area contributed by atoms with Crippen molar-refractivity contribution in [2.45, 2.75) is 184 Å². The third-order valence-electron chi connectivity index (χ3n) is 16.9. The molecule has 15 atom stereocenters. The molecule has 1 saturated heterocycles. The molecule has 0 aromatic heterocycles. The summed E-state index contributed by atoms with van der Waals surface area (Å²) in [5.74, 6) is 0.768. The van der Waals surface area contributed by atoms with E-state index in [9.17, 15) is 19.2 Å². The van der Waals surface area contributed by atoms with Crippen LogP contribution in [0.15, 0.2) is 12.2 Å². The number of carbonyl (C=O) groups is 4. The van der Waals surface area contributed by atoms with Crippen LogP contribution < -0.4 is 0 Å². The summed E-state index contributed by atoms with van der Waals surface area (Å²) < 4.78 is 35.7. The molecule has 5 aliphatic carbocycles. The van der Waals surface area contributed by atoms with Gasteiger partial charge in [0, 0.05) is 27.7 Å². The first-order valence-corrected chi connectivity index (χ1v) is 21.2. The van der Waals surface area contributed by atoms with Crippen molar-refractivity contribution in [3.05, 3.63) is 12.2 Å². The lowest BCUT2D eigenvalue weighted by atomic mass is 9.41. The van der Waals surface area contributed by atoms with E-state index < -0.39 is 54.6 Å². The molecule has 10 nitrogen and oxygen atoms in total. The van der Waals surface area contributed by atoms with E-state index in [0.717, 1.165) is 37.0 Å². The zero-order chi connectivity index (χ0) is 40.5. The van der Waals surface area contributed by atoms with Crippen molar-refractivity contribution in [3.8, 4) is 0 Å². The van der Waals surface area contributed by atoms with Gasteiger partial charge in [-0.25, -0.2) is 0 Å². The molecule has 6 rings (SSSR count). The fourth-order valence-electron chi connectivity index (χ4n) is 14.0. The summed E-state index contributed by atoms with van der Waals surface area (Å²) in [6.45, 7) is 26.0. The van der Waals surface area contributed by atoms with Crippen LogP contribution in [0.1, 0.15) is 147 Å². The Balaban J connectivity index is 1.23. The number of hydrogen-bond donors (Lipinski definition) is 0. The normalized spacial score (nSPS) is 43.6. The number of esters is 4. The van der Waals surface area contributed by atoms with Crippen molar-refractivity contribution >= 4 is 23.9 Å². The molecule has 6 fully saturated rings. The summed E-state index contributed by atoms with van der Waals surface area (Å²) in [7, 11) is 0. The average molecular weight is 771 g/mol. The van der Waals surface area contributed by atoms with Gasteiger partial charge < -0.3 is 28.4 Å².